The summed E-state index contributed by atoms with van der Waals surface area (Å²) < 4.78 is 9.92. The zero-order valence-corrected chi connectivity index (χ0v) is 35.3. The smallest absolute Gasteiger partial charge is 0.407 e. The molecule has 2 aromatic carbocycles. The molecule has 4 aromatic heterocycles. The lowest BCUT2D eigenvalue weighted by molar-refractivity contribution is -0.134. The van der Waals surface area contributed by atoms with Gasteiger partial charge in [0.25, 0.3) is 0 Å². The summed E-state index contributed by atoms with van der Waals surface area (Å²) in [4.78, 5) is 70.2. The molecular formula is C45H54N10O5. The summed E-state index contributed by atoms with van der Waals surface area (Å²) in [6.07, 6.45) is 7.07. The second-order valence-electron chi connectivity index (χ2n) is 16.1. The normalized spacial score (nSPS) is 15.6. The van der Waals surface area contributed by atoms with Crippen LogP contribution in [0.3, 0.4) is 0 Å². The highest BCUT2D eigenvalue weighted by molar-refractivity contribution is 5.92. The molecule has 1 aliphatic rings. The molecule has 4 N–H and O–H groups in total. The van der Waals surface area contributed by atoms with E-state index >= 15 is 0 Å². The number of benzene rings is 2. The van der Waals surface area contributed by atoms with Crippen molar-refractivity contribution in [1.82, 2.24) is 45.4 Å². The number of imidazole rings is 2. The van der Waals surface area contributed by atoms with Gasteiger partial charge in [-0.15, -0.1) is 0 Å². The summed E-state index contributed by atoms with van der Waals surface area (Å²) in [5.41, 5.74) is 7.00. The van der Waals surface area contributed by atoms with Crippen molar-refractivity contribution in [2.75, 3.05) is 27.3 Å². The number of aromatic amines is 2. The maximum atomic E-state index is 13.7. The number of aryl methyl sites for hydroxylation is 1. The molecule has 0 spiro atoms. The first-order valence-corrected chi connectivity index (χ1v) is 20.7. The average Bonchev–Trinajstić information content (AvgIpc) is 4.01. The zero-order valence-electron chi connectivity index (χ0n) is 35.3. The minimum atomic E-state index is -0.657. The largest absolute Gasteiger partial charge is 0.484 e. The molecule has 3 amide bonds. The second-order valence-corrected chi connectivity index (χ2v) is 16.1. The van der Waals surface area contributed by atoms with Crippen molar-refractivity contribution in [3.05, 3.63) is 72.6 Å². The Morgan fingerprint density at radius 2 is 1.48 bits per heavy atom. The topological polar surface area (TPSA) is 192 Å². The number of carbonyl (C=O) groups excluding carboxylic acids is 3. The van der Waals surface area contributed by atoms with Gasteiger partial charge in [-0.3, -0.25) is 9.59 Å². The maximum Gasteiger partial charge on any atom is 0.407 e. The third-order valence-electron chi connectivity index (χ3n) is 11.1. The van der Waals surface area contributed by atoms with Gasteiger partial charge in [0.15, 0.2) is 17.2 Å². The number of pyridine rings is 2. The number of rotatable bonds is 14. The summed E-state index contributed by atoms with van der Waals surface area (Å²) in [6, 6.07) is 15.6. The van der Waals surface area contributed by atoms with Crippen LogP contribution in [0.15, 0.2) is 65.9 Å². The molecule has 15 heteroatoms. The monoisotopic (exact) mass is 814 g/mol. The number of likely N-dealkylation sites (tertiary alicyclic amines) is 1. The van der Waals surface area contributed by atoms with E-state index in [0.29, 0.717) is 36.7 Å². The number of ether oxygens (including phenoxy) is 2. The molecule has 0 bridgehead atoms. The van der Waals surface area contributed by atoms with E-state index in [9.17, 15) is 14.4 Å². The first-order chi connectivity index (χ1) is 28.9. The summed E-state index contributed by atoms with van der Waals surface area (Å²) in [6.45, 7) is 10.7. The van der Waals surface area contributed by atoms with Crippen LogP contribution in [-0.4, -0.2) is 98.0 Å². The van der Waals surface area contributed by atoms with E-state index in [1.165, 1.54) is 7.11 Å². The van der Waals surface area contributed by atoms with Crippen LogP contribution in [0, 0.1) is 11.8 Å². The molecule has 314 valence electrons. The number of nitrogens with zero attached hydrogens (tertiary/aromatic N) is 6. The summed E-state index contributed by atoms with van der Waals surface area (Å²) in [5.74, 6) is 1.78. The molecule has 15 nitrogen and oxygen atoms in total. The van der Waals surface area contributed by atoms with E-state index in [0.717, 1.165) is 81.4 Å². The Labute approximate surface area is 349 Å². The summed E-state index contributed by atoms with van der Waals surface area (Å²) >= 11 is 0. The van der Waals surface area contributed by atoms with E-state index < -0.39 is 18.2 Å². The van der Waals surface area contributed by atoms with Gasteiger partial charge in [0, 0.05) is 50.0 Å². The van der Waals surface area contributed by atoms with Gasteiger partial charge in [0.05, 0.1) is 31.3 Å². The van der Waals surface area contributed by atoms with Crippen LogP contribution in [0.4, 0.5) is 4.79 Å². The first-order valence-electron chi connectivity index (χ1n) is 20.7. The zero-order chi connectivity index (χ0) is 42.5. The Morgan fingerprint density at radius 3 is 2.10 bits per heavy atom. The number of methoxy groups -OCH3 is 2. The van der Waals surface area contributed by atoms with E-state index in [4.69, 9.17) is 14.7 Å². The number of hydrogen-bond acceptors (Lipinski definition) is 10. The van der Waals surface area contributed by atoms with E-state index in [1.54, 1.807) is 14.0 Å². The molecule has 3 atom stereocenters. The number of unbranched alkanes of at least 4 members (excludes halogenated alkanes) is 1. The molecule has 0 aliphatic carbocycles. The highest BCUT2D eigenvalue weighted by Crippen LogP contribution is 2.34. The molecule has 1 saturated heterocycles. The van der Waals surface area contributed by atoms with Gasteiger partial charge in [-0.2, -0.15) is 0 Å². The maximum absolute atomic E-state index is 13.7. The number of aliphatic imine (C=N–C) groups is 1. The molecule has 1 aliphatic heterocycles. The van der Waals surface area contributed by atoms with Crippen molar-refractivity contribution >= 4 is 56.9 Å². The molecule has 1 fully saturated rings. The van der Waals surface area contributed by atoms with Crippen LogP contribution in [0.5, 0.6) is 0 Å². The number of nitrogens with one attached hydrogen (secondary N) is 4. The number of carbonyl (C=O) groups is 3. The fourth-order valence-electron chi connectivity index (χ4n) is 7.75. The molecule has 0 saturated carbocycles. The SMILES string of the molecule is COC(=O)NC(C(=O)NCCCCc1nc2ncc(-c3ccc4cc(-c5cnc6nc(C7CCCN7C(=O)C(N=C(C)OC)C(C)C)[nH]c6c5)ccc4c3)cc2[nH]1)C(C)C. The number of H-pyrrole nitrogens is 2. The van der Waals surface area contributed by atoms with E-state index in [2.05, 4.69) is 88.8 Å². The van der Waals surface area contributed by atoms with Crippen molar-refractivity contribution in [3.63, 3.8) is 0 Å². The standard InChI is InChI=1S/C45H54N10O5/c1-25(2)38(53-45(58)60-7)43(56)46-17-9-8-12-37-50-34-21-32(23-47-40(34)52-37)30-15-13-29-20-31(16-14-28(29)19-30)33-22-35-41(48-24-33)54-42(51-35)36-11-10-18-55(36)44(57)39(26(3)4)49-27(5)59-6/h13-16,19-26,36,38-39H,8-12,17-18H2,1-7H3,(H,46,56)(H,53,58)(H,47,50,52)(H,48,51,54). The van der Waals surface area contributed by atoms with Crippen molar-refractivity contribution in [1.29, 1.82) is 0 Å². The molecule has 7 rings (SSSR count). The quantitative estimate of drug-likeness (QED) is 0.0497. The third kappa shape index (κ3) is 9.24. The minimum absolute atomic E-state index is 0.0119. The Bertz CT molecular complexity index is 2540. The lowest BCUT2D eigenvalue weighted by Gasteiger charge is -2.28. The Kier molecular flexibility index (Phi) is 12.7. The first kappa shape index (κ1) is 41.8. The Morgan fingerprint density at radius 1 is 0.833 bits per heavy atom. The van der Waals surface area contributed by atoms with Gasteiger partial charge in [-0.25, -0.2) is 29.7 Å². The van der Waals surface area contributed by atoms with Crippen LogP contribution in [0.1, 0.15) is 78.0 Å². The van der Waals surface area contributed by atoms with Crippen LogP contribution >= 0.6 is 0 Å². The lowest BCUT2D eigenvalue weighted by Crippen LogP contribution is -2.49. The van der Waals surface area contributed by atoms with Crippen molar-refractivity contribution in [2.45, 2.75) is 84.8 Å². The van der Waals surface area contributed by atoms with Crippen molar-refractivity contribution < 1.29 is 23.9 Å². The predicted molar refractivity (Wildman–Crippen MR) is 232 cm³/mol. The highest BCUT2D eigenvalue weighted by atomic mass is 16.5. The molecule has 0 radical (unpaired) electrons. The van der Waals surface area contributed by atoms with Crippen LogP contribution in [0.25, 0.3) is 55.4 Å². The summed E-state index contributed by atoms with van der Waals surface area (Å²) in [7, 11) is 2.84. The van der Waals surface area contributed by atoms with E-state index in [-0.39, 0.29) is 29.7 Å². The van der Waals surface area contributed by atoms with Gasteiger partial charge in [-0.05, 0) is 83.7 Å². The predicted octanol–water partition coefficient (Wildman–Crippen LogP) is 7.29. The number of hydrogen-bond donors (Lipinski definition) is 4. The molecular weight excluding hydrogens is 761 g/mol. The molecule has 60 heavy (non-hydrogen) atoms. The van der Waals surface area contributed by atoms with Crippen molar-refractivity contribution in [3.8, 4) is 22.3 Å². The second kappa shape index (κ2) is 18.3. The highest BCUT2D eigenvalue weighted by Gasteiger charge is 2.37. The average molecular weight is 815 g/mol. The summed E-state index contributed by atoms with van der Waals surface area (Å²) in [5, 5.41) is 7.70. The van der Waals surface area contributed by atoms with Gasteiger partial charge in [0.1, 0.15) is 23.7 Å². The number of fused-ring (bicyclic) bond motifs is 3. The fourth-order valence-corrected chi connectivity index (χ4v) is 7.75. The van der Waals surface area contributed by atoms with Gasteiger partial charge in [-0.1, -0.05) is 52.0 Å². The van der Waals surface area contributed by atoms with Gasteiger partial charge >= 0.3 is 6.09 Å². The minimum Gasteiger partial charge on any atom is -0.484 e. The van der Waals surface area contributed by atoms with Crippen LogP contribution < -0.4 is 10.6 Å². The van der Waals surface area contributed by atoms with E-state index in [1.807, 2.05) is 45.0 Å². The van der Waals surface area contributed by atoms with Crippen LogP contribution in [0.2, 0.25) is 0 Å². The number of alkyl carbamates (subject to hydrolysis) is 1. The Balaban J connectivity index is 0.995. The number of amides is 3. The fraction of sp³-hybridized carbons (Fsp3) is 0.422. The Hall–Kier alpha value is -6.38. The molecule has 6 aromatic rings. The van der Waals surface area contributed by atoms with Crippen LogP contribution in [-0.2, 0) is 25.5 Å². The number of aromatic nitrogens is 6. The van der Waals surface area contributed by atoms with Gasteiger partial charge < -0.3 is 35.0 Å². The van der Waals surface area contributed by atoms with Gasteiger partial charge in [0.2, 0.25) is 11.8 Å². The third-order valence-corrected chi connectivity index (χ3v) is 11.1. The lowest BCUT2D eigenvalue weighted by atomic mass is 9.99. The molecule has 3 unspecified atom stereocenters. The van der Waals surface area contributed by atoms with Crippen molar-refractivity contribution in [2.24, 2.45) is 16.8 Å². The molecule has 5 heterocycles.